The van der Waals surface area contributed by atoms with Gasteiger partial charge in [0.1, 0.15) is 0 Å². The summed E-state index contributed by atoms with van der Waals surface area (Å²) in [5.74, 6) is 0.235. The molecule has 154 valence electrons. The second-order valence-electron chi connectivity index (χ2n) is 6.93. The molecule has 0 saturated heterocycles. The molecule has 7 nitrogen and oxygen atoms in total. The molecule has 2 N–H and O–H groups in total. The molecule has 1 heterocycles. The summed E-state index contributed by atoms with van der Waals surface area (Å²) < 4.78 is 16.4. The van der Waals surface area contributed by atoms with Crippen molar-refractivity contribution in [2.75, 3.05) is 13.7 Å². The van der Waals surface area contributed by atoms with Crippen molar-refractivity contribution in [2.45, 2.75) is 46.8 Å². The highest BCUT2D eigenvalue weighted by Crippen LogP contribution is 2.40. The Morgan fingerprint density at radius 3 is 2.46 bits per heavy atom. The molecular weight excluding hydrogens is 384 g/mol. The lowest BCUT2D eigenvalue weighted by Gasteiger charge is -2.31. The monoisotopic (exact) mass is 410 g/mol. The van der Waals surface area contributed by atoms with E-state index in [2.05, 4.69) is 10.6 Å². The van der Waals surface area contributed by atoms with E-state index in [9.17, 15) is 9.59 Å². The lowest BCUT2D eigenvalue weighted by Crippen LogP contribution is -2.47. The van der Waals surface area contributed by atoms with Crippen LogP contribution in [0.1, 0.15) is 46.2 Å². The maximum Gasteiger partial charge on any atom is 0.338 e. The highest BCUT2D eigenvalue weighted by molar-refractivity contribution is 6.32. The third-order valence-corrected chi connectivity index (χ3v) is 4.40. The molecule has 0 saturated carbocycles. The van der Waals surface area contributed by atoms with E-state index in [1.807, 2.05) is 20.8 Å². The van der Waals surface area contributed by atoms with Gasteiger partial charge < -0.3 is 24.8 Å². The number of urea groups is 1. The number of methoxy groups -OCH3 is 1. The minimum atomic E-state index is -0.737. The Morgan fingerprint density at radius 1 is 1.25 bits per heavy atom. The quantitative estimate of drug-likeness (QED) is 0.664. The zero-order valence-corrected chi connectivity index (χ0v) is 17.8. The van der Waals surface area contributed by atoms with Crippen LogP contribution in [-0.4, -0.2) is 31.8 Å². The zero-order chi connectivity index (χ0) is 21.0. The van der Waals surface area contributed by atoms with Gasteiger partial charge in [-0.1, -0.05) is 25.4 Å². The number of rotatable bonds is 7. The van der Waals surface area contributed by atoms with Crippen LogP contribution in [0.15, 0.2) is 23.4 Å². The number of carbonyl (C=O) groups excluding carboxylic acids is 2. The van der Waals surface area contributed by atoms with E-state index in [4.69, 9.17) is 25.8 Å². The molecule has 1 atom stereocenters. The maximum atomic E-state index is 12.9. The Bertz CT molecular complexity index is 789. The van der Waals surface area contributed by atoms with E-state index in [0.717, 1.165) is 0 Å². The molecule has 1 unspecified atom stereocenters. The fourth-order valence-electron chi connectivity index (χ4n) is 2.99. The molecule has 0 radical (unpaired) electrons. The third-order valence-electron chi connectivity index (χ3n) is 4.12. The van der Waals surface area contributed by atoms with Crippen molar-refractivity contribution in [3.8, 4) is 11.5 Å². The second kappa shape index (κ2) is 9.19. The number of esters is 1. The van der Waals surface area contributed by atoms with Gasteiger partial charge >= 0.3 is 12.0 Å². The van der Waals surface area contributed by atoms with Crippen molar-refractivity contribution < 1.29 is 23.8 Å². The van der Waals surface area contributed by atoms with Gasteiger partial charge in [0.05, 0.1) is 36.5 Å². The van der Waals surface area contributed by atoms with Crippen LogP contribution in [0.2, 0.25) is 5.02 Å². The normalized spacial score (nSPS) is 16.8. The molecule has 1 aromatic rings. The minimum absolute atomic E-state index is 0.0941. The number of benzene rings is 1. The average Bonchev–Trinajstić information content (AvgIpc) is 2.61. The van der Waals surface area contributed by atoms with Crippen LogP contribution in [0.5, 0.6) is 11.5 Å². The van der Waals surface area contributed by atoms with E-state index in [-0.39, 0.29) is 12.0 Å². The van der Waals surface area contributed by atoms with E-state index < -0.39 is 18.0 Å². The standard InChI is InChI=1S/C20H27ClN2O5/c1-7-27-18-13(21)8-12(9-14(18)26-6)17-15(19(24)28-11(4)5)16(10(2)3)22-20(25)23-17/h8-11,17H,7H2,1-6H3,(H2,22,23,25). The molecule has 0 bridgehead atoms. The fourth-order valence-corrected chi connectivity index (χ4v) is 3.26. The van der Waals surface area contributed by atoms with Crippen molar-refractivity contribution in [3.63, 3.8) is 0 Å². The highest BCUT2D eigenvalue weighted by Gasteiger charge is 2.36. The fraction of sp³-hybridized carbons (Fsp3) is 0.500. The summed E-state index contributed by atoms with van der Waals surface area (Å²) >= 11 is 6.39. The summed E-state index contributed by atoms with van der Waals surface area (Å²) in [4.78, 5) is 25.1. The van der Waals surface area contributed by atoms with Crippen LogP contribution in [0.4, 0.5) is 4.79 Å². The smallest absolute Gasteiger partial charge is 0.338 e. The van der Waals surface area contributed by atoms with Crippen LogP contribution < -0.4 is 20.1 Å². The number of allylic oxidation sites excluding steroid dienone is 1. The highest BCUT2D eigenvalue weighted by atomic mass is 35.5. The molecule has 1 aromatic carbocycles. The Labute approximate surface area is 170 Å². The van der Waals surface area contributed by atoms with Crippen molar-refractivity contribution in [3.05, 3.63) is 34.0 Å². The Hall–Kier alpha value is -2.41. The summed E-state index contributed by atoms with van der Waals surface area (Å²) in [6.07, 6.45) is -0.301. The molecule has 0 spiro atoms. The van der Waals surface area contributed by atoms with Crippen LogP contribution in [0.25, 0.3) is 0 Å². The summed E-state index contributed by atoms with van der Waals surface area (Å²) in [6, 6.07) is 2.22. The van der Waals surface area contributed by atoms with Crippen LogP contribution in [0, 0.1) is 5.92 Å². The van der Waals surface area contributed by atoms with Gasteiger partial charge in [-0.05, 0) is 44.4 Å². The minimum Gasteiger partial charge on any atom is -0.493 e. The SMILES string of the molecule is CCOc1c(Cl)cc(C2NC(=O)NC(C(C)C)=C2C(=O)OC(C)C)cc1OC. The van der Waals surface area contributed by atoms with Gasteiger partial charge in [-0.15, -0.1) is 0 Å². The molecule has 0 aromatic heterocycles. The van der Waals surface area contributed by atoms with Crippen molar-refractivity contribution in [2.24, 2.45) is 5.92 Å². The van der Waals surface area contributed by atoms with E-state index >= 15 is 0 Å². The van der Waals surface area contributed by atoms with E-state index in [1.165, 1.54) is 7.11 Å². The second-order valence-corrected chi connectivity index (χ2v) is 7.34. The lowest BCUT2D eigenvalue weighted by atomic mass is 9.91. The van der Waals surface area contributed by atoms with Gasteiger partial charge in [0, 0.05) is 5.70 Å². The Kier molecular flexibility index (Phi) is 7.18. The number of nitrogens with one attached hydrogen (secondary N) is 2. The zero-order valence-electron chi connectivity index (χ0n) is 17.0. The van der Waals surface area contributed by atoms with Gasteiger partial charge in [-0.25, -0.2) is 9.59 Å². The molecule has 2 amide bonds. The topological polar surface area (TPSA) is 85.9 Å². The van der Waals surface area contributed by atoms with Gasteiger partial charge in [-0.2, -0.15) is 0 Å². The first-order chi connectivity index (χ1) is 13.2. The van der Waals surface area contributed by atoms with Crippen LogP contribution in [-0.2, 0) is 9.53 Å². The predicted molar refractivity (Wildman–Crippen MR) is 107 cm³/mol. The van der Waals surface area contributed by atoms with Gasteiger partial charge in [0.15, 0.2) is 11.5 Å². The first kappa shape index (κ1) is 21.9. The number of carbonyl (C=O) groups is 2. The largest absolute Gasteiger partial charge is 0.493 e. The molecule has 0 aliphatic carbocycles. The molecule has 1 aliphatic rings. The summed E-state index contributed by atoms with van der Waals surface area (Å²) in [7, 11) is 1.50. The molecular formula is C20H27ClN2O5. The Morgan fingerprint density at radius 2 is 1.93 bits per heavy atom. The number of halogens is 1. The van der Waals surface area contributed by atoms with Gasteiger partial charge in [0.25, 0.3) is 0 Å². The first-order valence-electron chi connectivity index (χ1n) is 9.22. The van der Waals surface area contributed by atoms with Crippen molar-refractivity contribution in [1.29, 1.82) is 0 Å². The van der Waals surface area contributed by atoms with Gasteiger partial charge in [-0.3, -0.25) is 0 Å². The number of hydrogen-bond acceptors (Lipinski definition) is 5. The van der Waals surface area contributed by atoms with Crippen LogP contribution in [0.3, 0.4) is 0 Å². The third kappa shape index (κ3) is 4.70. The maximum absolute atomic E-state index is 12.9. The van der Waals surface area contributed by atoms with Crippen molar-refractivity contribution in [1.82, 2.24) is 10.6 Å². The van der Waals surface area contributed by atoms with Crippen LogP contribution >= 0.6 is 11.6 Å². The average molecular weight is 411 g/mol. The molecule has 8 heteroatoms. The molecule has 1 aliphatic heterocycles. The molecule has 28 heavy (non-hydrogen) atoms. The summed E-state index contributed by atoms with van der Waals surface area (Å²) in [5.41, 5.74) is 1.45. The van der Waals surface area contributed by atoms with E-state index in [0.29, 0.717) is 40.0 Å². The summed E-state index contributed by atoms with van der Waals surface area (Å²) in [6.45, 7) is 9.60. The predicted octanol–water partition coefficient (Wildman–Crippen LogP) is 3.96. The Balaban J connectivity index is 2.62. The summed E-state index contributed by atoms with van der Waals surface area (Å²) in [5, 5.41) is 5.85. The molecule has 2 rings (SSSR count). The molecule has 0 fully saturated rings. The first-order valence-corrected chi connectivity index (χ1v) is 9.60. The lowest BCUT2D eigenvalue weighted by molar-refractivity contribution is -0.143. The van der Waals surface area contributed by atoms with Crippen molar-refractivity contribution >= 4 is 23.6 Å². The number of ether oxygens (including phenoxy) is 3. The van der Waals surface area contributed by atoms with E-state index in [1.54, 1.807) is 26.0 Å². The van der Waals surface area contributed by atoms with Gasteiger partial charge in [0.2, 0.25) is 0 Å². The number of amides is 2. The number of hydrogen-bond donors (Lipinski definition) is 2.